The average molecular weight is 188 g/mol. The highest BCUT2D eigenvalue weighted by Crippen LogP contribution is 2.27. The van der Waals surface area contributed by atoms with Crippen molar-refractivity contribution in [2.45, 2.75) is 45.6 Å². The molecule has 0 heterocycles. The zero-order valence-electron chi connectivity index (χ0n) is 8.53. The molecule has 1 rings (SSSR count). The third-order valence-electron chi connectivity index (χ3n) is 2.33. The molecule has 3 nitrogen and oxygen atoms in total. The highest BCUT2D eigenvalue weighted by Gasteiger charge is 2.20. The average Bonchev–Trinajstić information content (AvgIpc) is 2.54. The van der Waals surface area contributed by atoms with Crippen LogP contribution in [-0.2, 0) is 9.53 Å². The summed E-state index contributed by atoms with van der Waals surface area (Å²) in [6.45, 7) is 4.86. The van der Waals surface area contributed by atoms with E-state index in [0.717, 1.165) is 18.8 Å². The van der Waals surface area contributed by atoms with Gasteiger partial charge in [0.2, 0.25) is 0 Å². The molecule has 0 aromatic rings. The van der Waals surface area contributed by atoms with Gasteiger partial charge in [0, 0.05) is 0 Å². The lowest BCUT2D eigenvalue weighted by Gasteiger charge is -2.01. The fraction of sp³-hybridized carbons (Fsp3) is 0.900. The van der Waals surface area contributed by atoms with Crippen molar-refractivity contribution in [1.82, 2.24) is 0 Å². The van der Waals surface area contributed by atoms with Gasteiger partial charge in [-0.1, -0.05) is 13.3 Å². The minimum Gasteiger partial charge on any atom is -0.468 e. The Morgan fingerprint density at radius 1 is 1.46 bits per heavy atom. The molecule has 78 valence electrons. The van der Waals surface area contributed by atoms with Crippen LogP contribution in [0.4, 0.5) is 0 Å². The van der Waals surface area contributed by atoms with Gasteiger partial charge >= 0.3 is 0 Å². The molecule has 1 aliphatic rings. The number of carbonyl (C=O) groups excluding carboxylic acids is 1. The molecule has 1 saturated carbocycles. The lowest BCUT2D eigenvalue weighted by molar-refractivity contribution is -0.128. The third kappa shape index (κ3) is 6.58. The van der Waals surface area contributed by atoms with Crippen LogP contribution in [0.5, 0.6) is 0 Å². The second kappa shape index (κ2) is 8.05. The Balaban J connectivity index is 0.000000252. The van der Waals surface area contributed by atoms with Gasteiger partial charge < -0.3 is 9.84 Å². The third-order valence-corrected chi connectivity index (χ3v) is 2.33. The van der Waals surface area contributed by atoms with Gasteiger partial charge in [0.1, 0.15) is 0 Å². The van der Waals surface area contributed by atoms with E-state index in [-0.39, 0.29) is 6.10 Å². The maximum atomic E-state index is 9.18. The van der Waals surface area contributed by atoms with Gasteiger partial charge in [-0.25, -0.2) is 0 Å². The largest absolute Gasteiger partial charge is 0.468 e. The van der Waals surface area contributed by atoms with Crippen LogP contribution in [0, 0.1) is 5.92 Å². The molecule has 0 aromatic carbocycles. The van der Waals surface area contributed by atoms with E-state index in [2.05, 4.69) is 11.7 Å². The summed E-state index contributed by atoms with van der Waals surface area (Å²) in [6, 6.07) is 0. The smallest absolute Gasteiger partial charge is 0.293 e. The summed E-state index contributed by atoms with van der Waals surface area (Å²) in [7, 11) is 0. The molecule has 1 aliphatic carbocycles. The Bertz CT molecular complexity index is 125. The van der Waals surface area contributed by atoms with Gasteiger partial charge in [0.15, 0.2) is 0 Å². The van der Waals surface area contributed by atoms with E-state index in [9.17, 15) is 4.79 Å². The monoisotopic (exact) mass is 188 g/mol. The SMILES string of the molecule is CCC1CCC(O)C1.CCOC=O. The Labute approximate surface area is 80.1 Å². The normalized spacial score (nSPS) is 26.1. The number of aliphatic hydroxyl groups excluding tert-OH is 1. The second-order valence-corrected chi connectivity index (χ2v) is 3.29. The van der Waals surface area contributed by atoms with Crippen LogP contribution >= 0.6 is 0 Å². The van der Waals surface area contributed by atoms with E-state index in [1.165, 1.54) is 12.8 Å². The van der Waals surface area contributed by atoms with Gasteiger partial charge in [-0.15, -0.1) is 0 Å². The number of carbonyl (C=O) groups is 1. The highest BCUT2D eigenvalue weighted by molar-refractivity contribution is 5.36. The van der Waals surface area contributed by atoms with Crippen molar-refractivity contribution >= 4 is 6.47 Å². The molecule has 0 saturated heterocycles. The first-order valence-electron chi connectivity index (χ1n) is 4.97. The van der Waals surface area contributed by atoms with Crippen molar-refractivity contribution in [2.75, 3.05) is 6.61 Å². The van der Waals surface area contributed by atoms with Crippen LogP contribution in [0.15, 0.2) is 0 Å². The quantitative estimate of drug-likeness (QED) is 0.686. The number of hydrogen-bond donors (Lipinski definition) is 1. The van der Waals surface area contributed by atoms with E-state index >= 15 is 0 Å². The molecule has 0 spiro atoms. The van der Waals surface area contributed by atoms with Crippen molar-refractivity contribution in [2.24, 2.45) is 5.92 Å². The second-order valence-electron chi connectivity index (χ2n) is 3.29. The summed E-state index contributed by atoms with van der Waals surface area (Å²) < 4.78 is 4.15. The van der Waals surface area contributed by atoms with Crippen LogP contribution < -0.4 is 0 Å². The Kier molecular flexibility index (Phi) is 7.69. The van der Waals surface area contributed by atoms with E-state index < -0.39 is 0 Å². The fourth-order valence-electron chi connectivity index (χ4n) is 1.49. The van der Waals surface area contributed by atoms with Crippen LogP contribution in [0.1, 0.15) is 39.5 Å². The first kappa shape index (κ1) is 12.4. The lowest BCUT2D eigenvalue weighted by atomic mass is 10.1. The molecule has 3 heteroatoms. The first-order chi connectivity index (χ1) is 6.24. The van der Waals surface area contributed by atoms with Gasteiger partial charge in [-0.2, -0.15) is 0 Å². The minimum atomic E-state index is 0.0277. The zero-order valence-corrected chi connectivity index (χ0v) is 8.53. The maximum Gasteiger partial charge on any atom is 0.293 e. The van der Waals surface area contributed by atoms with Gasteiger partial charge in [0.25, 0.3) is 6.47 Å². The standard InChI is InChI=1S/C7H14O.C3H6O2/c1-2-6-3-4-7(8)5-6;1-2-5-3-4/h6-8H,2-5H2,1H3;3H,2H2,1H3. The van der Waals surface area contributed by atoms with Gasteiger partial charge in [0.05, 0.1) is 12.7 Å². The summed E-state index contributed by atoms with van der Waals surface area (Å²) >= 11 is 0. The maximum absolute atomic E-state index is 9.18. The van der Waals surface area contributed by atoms with E-state index in [4.69, 9.17) is 5.11 Å². The van der Waals surface area contributed by atoms with Crippen molar-refractivity contribution < 1.29 is 14.6 Å². The van der Waals surface area contributed by atoms with Crippen molar-refractivity contribution in [3.63, 3.8) is 0 Å². The molecule has 0 amide bonds. The molecule has 0 radical (unpaired) electrons. The Morgan fingerprint density at radius 2 is 2.15 bits per heavy atom. The van der Waals surface area contributed by atoms with Gasteiger partial charge in [-0.3, -0.25) is 4.79 Å². The molecule has 1 fully saturated rings. The van der Waals surface area contributed by atoms with E-state index in [1.54, 1.807) is 6.92 Å². The first-order valence-corrected chi connectivity index (χ1v) is 4.97. The number of aliphatic hydroxyl groups is 1. The summed E-state index contributed by atoms with van der Waals surface area (Å²) in [5, 5.41) is 9.03. The number of ether oxygens (including phenoxy) is 1. The molecule has 2 unspecified atom stereocenters. The van der Waals surface area contributed by atoms with Crippen molar-refractivity contribution in [3.05, 3.63) is 0 Å². The lowest BCUT2D eigenvalue weighted by Crippen LogP contribution is -1.98. The van der Waals surface area contributed by atoms with E-state index in [0.29, 0.717) is 13.1 Å². The molecule has 1 N–H and O–H groups in total. The van der Waals surface area contributed by atoms with Gasteiger partial charge in [-0.05, 0) is 32.1 Å². The summed E-state index contributed by atoms with van der Waals surface area (Å²) in [6.07, 6.45) is 4.61. The van der Waals surface area contributed by atoms with Crippen LogP contribution in [0.25, 0.3) is 0 Å². The van der Waals surface area contributed by atoms with E-state index in [1.807, 2.05) is 0 Å². The van der Waals surface area contributed by atoms with Crippen LogP contribution in [-0.4, -0.2) is 24.3 Å². The molecule has 0 aromatic heterocycles. The number of hydrogen-bond acceptors (Lipinski definition) is 3. The topological polar surface area (TPSA) is 46.5 Å². The summed E-state index contributed by atoms with van der Waals surface area (Å²) in [5.41, 5.74) is 0. The van der Waals surface area contributed by atoms with Crippen molar-refractivity contribution in [1.29, 1.82) is 0 Å². The minimum absolute atomic E-state index is 0.0277. The molecule has 0 aliphatic heterocycles. The number of rotatable bonds is 3. The highest BCUT2D eigenvalue weighted by atomic mass is 16.5. The molecular formula is C10H20O3. The Morgan fingerprint density at radius 3 is 2.31 bits per heavy atom. The molecule has 0 bridgehead atoms. The fourth-order valence-corrected chi connectivity index (χ4v) is 1.49. The Hall–Kier alpha value is -0.570. The van der Waals surface area contributed by atoms with Crippen LogP contribution in [0.2, 0.25) is 0 Å². The summed E-state index contributed by atoms with van der Waals surface area (Å²) in [4.78, 5) is 9.18. The summed E-state index contributed by atoms with van der Waals surface area (Å²) in [5.74, 6) is 0.824. The van der Waals surface area contributed by atoms with Crippen molar-refractivity contribution in [3.8, 4) is 0 Å². The molecular weight excluding hydrogens is 168 g/mol. The molecule has 13 heavy (non-hydrogen) atoms. The predicted octanol–water partition coefficient (Wildman–Crippen LogP) is 1.74. The predicted molar refractivity (Wildman–Crippen MR) is 51.3 cm³/mol. The zero-order chi connectivity index (χ0) is 10.1. The molecule has 2 atom stereocenters. The van der Waals surface area contributed by atoms with Crippen LogP contribution in [0.3, 0.4) is 0 Å².